The quantitative estimate of drug-likeness (QED) is 0.717. The van der Waals surface area contributed by atoms with Crippen LogP contribution in [0.4, 0.5) is 13.2 Å². The van der Waals surface area contributed by atoms with Gasteiger partial charge in [-0.2, -0.15) is 13.2 Å². The summed E-state index contributed by atoms with van der Waals surface area (Å²) in [5.74, 6) is 0. The summed E-state index contributed by atoms with van der Waals surface area (Å²) in [5, 5.41) is 0. The van der Waals surface area contributed by atoms with E-state index in [4.69, 9.17) is 0 Å². The van der Waals surface area contributed by atoms with E-state index in [2.05, 4.69) is 0 Å². The third-order valence-corrected chi connectivity index (χ3v) is 2.64. The Kier molecular flexibility index (Phi) is 4.73. The molecule has 1 aromatic rings. The molecule has 0 atom stereocenters. The summed E-state index contributed by atoms with van der Waals surface area (Å²) in [6.07, 6.45) is -2.88. The number of carbonyl (C=O) groups excluding carboxylic acids is 1. The van der Waals surface area contributed by atoms with Gasteiger partial charge in [0.15, 0.2) is 0 Å². The molecule has 0 aromatic heterocycles. The molecule has 0 N–H and O–H groups in total. The summed E-state index contributed by atoms with van der Waals surface area (Å²) in [6.45, 7) is 1.92. The number of benzene rings is 1. The molecule has 0 saturated carbocycles. The molecule has 0 heterocycles. The minimum atomic E-state index is -4.09. The highest BCUT2D eigenvalue weighted by Gasteiger charge is 2.25. The zero-order chi connectivity index (χ0) is 12.9. The number of aryl methyl sites for hydroxylation is 2. The lowest BCUT2D eigenvalue weighted by molar-refractivity contribution is -0.135. The molecule has 17 heavy (non-hydrogen) atoms. The van der Waals surface area contributed by atoms with Gasteiger partial charge in [0.25, 0.3) is 0 Å². The van der Waals surface area contributed by atoms with Gasteiger partial charge in [0.05, 0.1) is 0 Å². The number of alkyl halides is 3. The van der Waals surface area contributed by atoms with Crippen LogP contribution in [0.5, 0.6) is 0 Å². The van der Waals surface area contributed by atoms with E-state index in [1.165, 1.54) is 0 Å². The second-order valence-electron chi connectivity index (χ2n) is 3.97. The molecule has 1 rings (SSSR count). The first kappa shape index (κ1) is 13.7. The van der Waals surface area contributed by atoms with Gasteiger partial charge in [-0.3, -0.25) is 4.79 Å². The molecule has 0 radical (unpaired) electrons. The fourth-order valence-corrected chi connectivity index (χ4v) is 1.73. The van der Waals surface area contributed by atoms with Crippen molar-refractivity contribution in [3.63, 3.8) is 0 Å². The van der Waals surface area contributed by atoms with E-state index in [1.54, 1.807) is 12.1 Å². The van der Waals surface area contributed by atoms with Crippen LogP contribution < -0.4 is 0 Å². The van der Waals surface area contributed by atoms with Gasteiger partial charge in [-0.1, -0.05) is 25.1 Å². The van der Waals surface area contributed by atoms with Gasteiger partial charge in [0, 0.05) is 12.0 Å². The van der Waals surface area contributed by atoms with E-state index in [0.29, 0.717) is 18.4 Å². The maximum atomic E-state index is 12.0. The molecule has 94 valence electrons. The van der Waals surface area contributed by atoms with Crippen molar-refractivity contribution in [3.8, 4) is 0 Å². The molecule has 1 nitrogen and oxygen atoms in total. The zero-order valence-corrected chi connectivity index (χ0v) is 9.68. The van der Waals surface area contributed by atoms with Crippen LogP contribution in [0.25, 0.3) is 0 Å². The first-order chi connectivity index (χ1) is 7.96. The van der Waals surface area contributed by atoms with Gasteiger partial charge in [-0.05, 0) is 30.4 Å². The Morgan fingerprint density at radius 3 is 2.53 bits per heavy atom. The number of carbonyl (C=O) groups is 1. The van der Waals surface area contributed by atoms with Crippen molar-refractivity contribution >= 4 is 6.29 Å². The molecule has 0 aliphatic carbocycles. The number of aldehydes is 1. The SMILES string of the molecule is CCc1cc(CCCC(F)(F)F)ccc1C=O. The summed E-state index contributed by atoms with van der Waals surface area (Å²) in [6, 6.07) is 5.22. The molecule has 1 aromatic carbocycles. The molecule has 0 bridgehead atoms. The second kappa shape index (κ2) is 5.84. The molecule has 4 heteroatoms. The van der Waals surface area contributed by atoms with Crippen molar-refractivity contribution in [3.05, 3.63) is 34.9 Å². The van der Waals surface area contributed by atoms with Crippen LogP contribution in [-0.2, 0) is 12.8 Å². The maximum absolute atomic E-state index is 12.0. The zero-order valence-electron chi connectivity index (χ0n) is 9.68. The molecular weight excluding hydrogens is 229 g/mol. The van der Waals surface area contributed by atoms with E-state index >= 15 is 0 Å². The molecule has 0 unspecified atom stereocenters. The average Bonchev–Trinajstić information content (AvgIpc) is 2.27. The van der Waals surface area contributed by atoms with E-state index in [-0.39, 0.29) is 6.42 Å². The van der Waals surface area contributed by atoms with Crippen LogP contribution in [0.3, 0.4) is 0 Å². The molecule has 0 aliphatic heterocycles. The van der Waals surface area contributed by atoms with Gasteiger partial charge >= 0.3 is 6.18 Å². The highest BCUT2D eigenvalue weighted by atomic mass is 19.4. The Morgan fingerprint density at radius 1 is 1.29 bits per heavy atom. The lowest BCUT2D eigenvalue weighted by Crippen LogP contribution is -2.07. The first-order valence-corrected chi connectivity index (χ1v) is 5.60. The van der Waals surface area contributed by atoms with Crippen LogP contribution in [0.1, 0.15) is 41.3 Å². The van der Waals surface area contributed by atoms with Crippen molar-refractivity contribution in [2.75, 3.05) is 0 Å². The number of halogens is 3. The fraction of sp³-hybridized carbons (Fsp3) is 0.462. The van der Waals surface area contributed by atoms with Crippen LogP contribution in [-0.4, -0.2) is 12.5 Å². The standard InChI is InChI=1S/C13H15F3O/c1-2-11-8-10(5-6-12(11)9-17)4-3-7-13(14,15)16/h5-6,8-9H,2-4,7H2,1H3. The van der Waals surface area contributed by atoms with Crippen molar-refractivity contribution in [2.45, 2.75) is 38.8 Å². The van der Waals surface area contributed by atoms with Gasteiger partial charge < -0.3 is 0 Å². The normalized spacial score (nSPS) is 11.5. The summed E-state index contributed by atoms with van der Waals surface area (Å²) in [5.41, 5.74) is 2.37. The van der Waals surface area contributed by atoms with Gasteiger partial charge in [-0.25, -0.2) is 0 Å². The van der Waals surface area contributed by atoms with Crippen molar-refractivity contribution < 1.29 is 18.0 Å². The van der Waals surface area contributed by atoms with Gasteiger partial charge in [0.1, 0.15) is 6.29 Å². The smallest absolute Gasteiger partial charge is 0.298 e. The lowest BCUT2D eigenvalue weighted by atomic mass is 10.00. The molecule has 0 amide bonds. The van der Waals surface area contributed by atoms with E-state index in [0.717, 1.165) is 17.4 Å². The van der Waals surface area contributed by atoms with Crippen LogP contribution in [0, 0.1) is 0 Å². The molecule has 0 spiro atoms. The predicted molar refractivity (Wildman–Crippen MR) is 60.2 cm³/mol. The van der Waals surface area contributed by atoms with Gasteiger partial charge in [-0.15, -0.1) is 0 Å². The molecular formula is C13H15F3O. The maximum Gasteiger partial charge on any atom is 0.389 e. The summed E-state index contributed by atoms with van der Waals surface area (Å²) >= 11 is 0. The third-order valence-electron chi connectivity index (χ3n) is 2.64. The Bertz CT molecular complexity index is 383. The first-order valence-electron chi connectivity index (χ1n) is 5.60. The predicted octanol–water partition coefficient (Wildman–Crippen LogP) is 3.95. The minimum Gasteiger partial charge on any atom is -0.298 e. The highest BCUT2D eigenvalue weighted by Crippen LogP contribution is 2.23. The van der Waals surface area contributed by atoms with E-state index in [9.17, 15) is 18.0 Å². The number of hydrogen-bond donors (Lipinski definition) is 0. The average molecular weight is 244 g/mol. The number of rotatable bonds is 5. The van der Waals surface area contributed by atoms with Crippen molar-refractivity contribution in [1.82, 2.24) is 0 Å². The van der Waals surface area contributed by atoms with E-state index < -0.39 is 12.6 Å². The monoisotopic (exact) mass is 244 g/mol. The minimum absolute atomic E-state index is 0.0904. The summed E-state index contributed by atoms with van der Waals surface area (Å²) < 4.78 is 35.9. The Morgan fingerprint density at radius 2 is 2.00 bits per heavy atom. The fourth-order valence-electron chi connectivity index (χ4n) is 1.73. The van der Waals surface area contributed by atoms with Crippen LogP contribution in [0.15, 0.2) is 18.2 Å². The van der Waals surface area contributed by atoms with E-state index in [1.807, 2.05) is 13.0 Å². The third kappa shape index (κ3) is 4.59. The van der Waals surface area contributed by atoms with Crippen LogP contribution in [0.2, 0.25) is 0 Å². The Hall–Kier alpha value is -1.32. The van der Waals surface area contributed by atoms with Gasteiger partial charge in [0.2, 0.25) is 0 Å². The summed E-state index contributed by atoms with van der Waals surface area (Å²) in [7, 11) is 0. The number of hydrogen-bond acceptors (Lipinski definition) is 1. The second-order valence-corrected chi connectivity index (χ2v) is 3.97. The van der Waals surface area contributed by atoms with Crippen LogP contribution >= 0.6 is 0 Å². The highest BCUT2D eigenvalue weighted by molar-refractivity contribution is 5.77. The van der Waals surface area contributed by atoms with Crippen molar-refractivity contribution in [2.24, 2.45) is 0 Å². The largest absolute Gasteiger partial charge is 0.389 e. The molecule has 0 fully saturated rings. The summed E-state index contributed by atoms with van der Waals surface area (Å²) in [4.78, 5) is 10.7. The molecule has 0 aliphatic rings. The Balaban J connectivity index is 2.63. The Labute approximate surface area is 98.6 Å². The lowest BCUT2D eigenvalue weighted by Gasteiger charge is -2.08. The topological polar surface area (TPSA) is 17.1 Å². The molecule has 0 saturated heterocycles. The van der Waals surface area contributed by atoms with Crippen molar-refractivity contribution in [1.29, 1.82) is 0 Å².